The van der Waals surface area contributed by atoms with E-state index in [-0.39, 0.29) is 12.5 Å². The minimum absolute atomic E-state index is 0.0230. The van der Waals surface area contributed by atoms with Crippen molar-refractivity contribution < 1.29 is 13.6 Å². The number of carbonyl (C=O) groups excluding carboxylic acids is 1. The van der Waals surface area contributed by atoms with Crippen molar-refractivity contribution >= 4 is 22.8 Å². The lowest BCUT2D eigenvalue weighted by Crippen LogP contribution is -2.38. The molecule has 0 fully saturated rings. The van der Waals surface area contributed by atoms with Crippen LogP contribution in [0.15, 0.2) is 56.5 Å². The van der Waals surface area contributed by atoms with Gasteiger partial charge in [0.25, 0.3) is 0 Å². The number of carbonyl (C=O) groups is 1. The molecular weight excluding hydrogens is 344 g/mol. The van der Waals surface area contributed by atoms with Gasteiger partial charge in [-0.15, -0.1) is 0 Å². The van der Waals surface area contributed by atoms with Gasteiger partial charge in [0.1, 0.15) is 23.6 Å². The Morgan fingerprint density at radius 2 is 1.93 bits per heavy atom. The summed E-state index contributed by atoms with van der Waals surface area (Å²) in [6.45, 7) is 5.56. The molecule has 0 saturated carbocycles. The minimum atomic E-state index is -0.177. The third-order valence-corrected chi connectivity index (χ3v) is 4.12. The maximum absolute atomic E-state index is 12.0. The number of aliphatic imine (C=N–C) groups is 1. The molecule has 3 rings (SSSR count). The van der Waals surface area contributed by atoms with Gasteiger partial charge in [-0.3, -0.25) is 4.79 Å². The third kappa shape index (κ3) is 4.91. The molecule has 2 heterocycles. The van der Waals surface area contributed by atoms with Crippen LogP contribution < -0.4 is 16.0 Å². The highest BCUT2D eigenvalue weighted by Gasteiger charge is 2.10. The Balaban J connectivity index is 1.56. The van der Waals surface area contributed by atoms with Crippen molar-refractivity contribution in [3.05, 3.63) is 59.7 Å². The highest BCUT2D eigenvalue weighted by molar-refractivity contribution is 5.85. The van der Waals surface area contributed by atoms with Crippen molar-refractivity contribution in [1.82, 2.24) is 16.0 Å². The number of hydrogen-bond acceptors (Lipinski definition) is 4. The normalized spacial score (nSPS) is 11.6. The van der Waals surface area contributed by atoms with Crippen molar-refractivity contribution in [2.24, 2.45) is 4.99 Å². The molecule has 7 nitrogen and oxygen atoms in total. The van der Waals surface area contributed by atoms with Crippen molar-refractivity contribution in [2.45, 2.75) is 26.9 Å². The summed E-state index contributed by atoms with van der Waals surface area (Å²) in [5.41, 5.74) is 1.97. The number of amides is 1. The van der Waals surface area contributed by atoms with Gasteiger partial charge in [-0.1, -0.05) is 18.2 Å². The summed E-state index contributed by atoms with van der Waals surface area (Å²) in [4.78, 5) is 16.3. The molecule has 3 aromatic rings. The number of para-hydroxylation sites is 1. The first-order valence-corrected chi connectivity index (χ1v) is 8.95. The van der Waals surface area contributed by atoms with Gasteiger partial charge in [-0.2, -0.15) is 0 Å². The topological polar surface area (TPSA) is 91.8 Å². The number of guanidine groups is 1. The largest absolute Gasteiger partial charge is 0.467 e. The van der Waals surface area contributed by atoms with E-state index in [0.717, 1.165) is 22.3 Å². The number of hydrogen-bond donors (Lipinski definition) is 3. The minimum Gasteiger partial charge on any atom is -0.467 e. The number of benzene rings is 1. The number of aryl methyl sites for hydroxylation is 1. The first-order chi connectivity index (χ1) is 13.2. The van der Waals surface area contributed by atoms with Crippen molar-refractivity contribution in [2.75, 3.05) is 13.1 Å². The molecule has 0 aliphatic heterocycles. The molecule has 27 heavy (non-hydrogen) atoms. The van der Waals surface area contributed by atoms with Gasteiger partial charge in [0, 0.05) is 17.5 Å². The predicted molar refractivity (Wildman–Crippen MR) is 104 cm³/mol. The van der Waals surface area contributed by atoms with Crippen LogP contribution in [-0.2, 0) is 17.9 Å². The first-order valence-electron chi connectivity index (χ1n) is 8.95. The lowest BCUT2D eigenvalue weighted by atomic mass is 10.1. The number of nitrogens with one attached hydrogen (secondary N) is 3. The number of fused-ring (bicyclic) bond motifs is 1. The summed E-state index contributed by atoms with van der Waals surface area (Å²) in [6, 6.07) is 11.5. The van der Waals surface area contributed by atoms with Crippen LogP contribution in [0, 0.1) is 6.92 Å². The molecule has 0 unspecified atom stereocenters. The fraction of sp³-hybridized carbons (Fsp3) is 0.300. The zero-order valence-corrected chi connectivity index (χ0v) is 15.5. The zero-order valence-electron chi connectivity index (χ0n) is 15.5. The smallest absolute Gasteiger partial charge is 0.242 e. The summed E-state index contributed by atoms with van der Waals surface area (Å²) < 4.78 is 11.1. The van der Waals surface area contributed by atoms with E-state index in [1.54, 1.807) is 12.3 Å². The van der Waals surface area contributed by atoms with E-state index in [2.05, 4.69) is 20.9 Å². The van der Waals surface area contributed by atoms with Crippen LogP contribution in [-0.4, -0.2) is 25.0 Å². The zero-order chi connectivity index (χ0) is 19.1. The first kappa shape index (κ1) is 18.6. The quantitative estimate of drug-likeness (QED) is 0.441. The van der Waals surface area contributed by atoms with Crippen molar-refractivity contribution in [3.63, 3.8) is 0 Å². The number of nitrogens with zero attached hydrogens (tertiary/aromatic N) is 1. The predicted octanol–water partition coefficient (Wildman–Crippen LogP) is 2.71. The summed E-state index contributed by atoms with van der Waals surface area (Å²) in [5.74, 6) is 1.94. The second-order valence-electron chi connectivity index (χ2n) is 6.05. The Labute approximate surface area is 157 Å². The van der Waals surface area contributed by atoms with E-state index >= 15 is 0 Å². The summed E-state index contributed by atoms with van der Waals surface area (Å²) in [7, 11) is 0. The molecule has 142 valence electrons. The summed E-state index contributed by atoms with van der Waals surface area (Å²) in [5, 5.41) is 10.2. The van der Waals surface area contributed by atoms with Crippen molar-refractivity contribution in [3.8, 4) is 0 Å². The maximum atomic E-state index is 12.0. The van der Waals surface area contributed by atoms with Crippen LogP contribution in [0.1, 0.15) is 24.0 Å². The highest BCUT2D eigenvalue weighted by Crippen LogP contribution is 2.24. The van der Waals surface area contributed by atoms with Crippen LogP contribution in [0.25, 0.3) is 11.0 Å². The lowest BCUT2D eigenvalue weighted by molar-refractivity contribution is -0.119. The van der Waals surface area contributed by atoms with E-state index < -0.39 is 0 Å². The molecule has 3 N–H and O–H groups in total. The molecule has 7 heteroatoms. The summed E-state index contributed by atoms with van der Waals surface area (Å²) >= 11 is 0. The molecule has 0 bridgehead atoms. The molecule has 0 atom stereocenters. The monoisotopic (exact) mass is 368 g/mol. The van der Waals surface area contributed by atoms with Gasteiger partial charge in [0.05, 0.1) is 19.4 Å². The average molecular weight is 368 g/mol. The average Bonchev–Trinajstić information content (AvgIpc) is 3.31. The Hall–Kier alpha value is -3.22. The maximum Gasteiger partial charge on any atom is 0.242 e. The van der Waals surface area contributed by atoms with Gasteiger partial charge in [0.15, 0.2) is 5.96 Å². The molecule has 0 radical (unpaired) electrons. The van der Waals surface area contributed by atoms with Gasteiger partial charge >= 0.3 is 0 Å². The van der Waals surface area contributed by atoms with E-state index in [1.165, 1.54) is 0 Å². The van der Waals surface area contributed by atoms with E-state index in [1.807, 2.05) is 44.2 Å². The lowest BCUT2D eigenvalue weighted by Gasteiger charge is -2.10. The van der Waals surface area contributed by atoms with Crippen LogP contribution in [0.5, 0.6) is 0 Å². The number of rotatable bonds is 7. The van der Waals surface area contributed by atoms with Gasteiger partial charge < -0.3 is 24.8 Å². The molecule has 0 spiro atoms. The number of furan rings is 2. The van der Waals surface area contributed by atoms with E-state index in [0.29, 0.717) is 31.4 Å². The van der Waals surface area contributed by atoms with Crippen LogP contribution >= 0.6 is 0 Å². The fourth-order valence-corrected chi connectivity index (χ4v) is 2.70. The summed E-state index contributed by atoms with van der Waals surface area (Å²) in [6.07, 6.45) is 1.58. The standard InChI is InChI=1S/C20H24N4O3/c1-3-21-20(24-13-19(25)22-11-15-7-6-10-26-15)23-12-18-14(2)16-8-4-5-9-17(16)27-18/h4-10H,3,11-13H2,1-2H3,(H,22,25)(H2,21,23,24). The molecule has 0 saturated heterocycles. The molecule has 1 aromatic carbocycles. The third-order valence-electron chi connectivity index (χ3n) is 4.12. The Bertz CT molecular complexity index is 913. The van der Waals surface area contributed by atoms with Crippen LogP contribution in [0.3, 0.4) is 0 Å². The second-order valence-corrected chi connectivity index (χ2v) is 6.05. The fourth-order valence-electron chi connectivity index (χ4n) is 2.70. The molecule has 2 aromatic heterocycles. The Morgan fingerprint density at radius 1 is 1.07 bits per heavy atom. The van der Waals surface area contributed by atoms with Gasteiger partial charge in [0.2, 0.25) is 5.91 Å². The van der Waals surface area contributed by atoms with Crippen LogP contribution in [0.2, 0.25) is 0 Å². The molecular formula is C20H24N4O3. The Kier molecular flexibility index (Phi) is 6.14. The van der Waals surface area contributed by atoms with E-state index in [4.69, 9.17) is 8.83 Å². The SMILES string of the molecule is CCNC(=NCC(=O)NCc1ccco1)NCc1oc2ccccc2c1C. The van der Waals surface area contributed by atoms with Crippen LogP contribution in [0.4, 0.5) is 0 Å². The van der Waals surface area contributed by atoms with Gasteiger partial charge in [-0.05, 0) is 32.0 Å². The molecule has 0 aliphatic carbocycles. The second kappa shape index (κ2) is 8.93. The van der Waals surface area contributed by atoms with Gasteiger partial charge in [-0.25, -0.2) is 4.99 Å². The molecule has 0 aliphatic rings. The molecule has 1 amide bonds. The van der Waals surface area contributed by atoms with Crippen molar-refractivity contribution in [1.29, 1.82) is 0 Å². The van der Waals surface area contributed by atoms with E-state index in [9.17, 15) is 4.79 Å². The highest BCUT2D eigenvalue weighted by atomic mass is 16.3. The Morgan fingerprint density at radius 3 is 2.67 bits per heavy atom.